The highest BCUT2D eigenvalue weighted by atomic mass is 79.9. The fourth-order valence-electron chi connectivity index (χ4n) is 1.22. The number of amides is 1. The monoisotopic (exact) mass is 363 g/mol. The Bertz CT molecular complexity index is 417. The summed E-state index contributed by atoms with van der Waals surface area (Å²) >= 11 is 6.57. The van der Waals surface area contributed by atoms with Crippen molar-refractivity contribution in [2.24, 2.45) is 0 Å². The molecule has 1 unspecified atom stereocenters. The minimum Gasteiger partial charge on any atom is -0.507 e. The van der Waals surface area contributed by atoms with E-state index >= 15 is 0 Å². The molecule has 5 heteroatoms. The first-order valence-corrected chi connectivity index (χ1v) is 7.20. The van der Waals surface area contributed by atoms with Crippen LogP contribution in [0.25, 0.3) is 0 Å². The molecule has 1 rings (SSSR count). The van der Waals surface area contributed by atoms with E-state index in [1.807, 2.05) is 13.8 Å². The Hall–Kier alpha value is -0.550. The smallest absolute Gasteiger partial charge is 0.251 e. The van der Waals surface area contributed by atoms with Crippen molar-refractivity contribution < 1.29 is 9.90 Å². The van der Waals surface area contributed by atoms with E-state index in [1.54, 1.807) is 12.1 Å². The number of hydrogen-bond acceptors (Lipinski definition) is 2. The van der Waals surface area contributed by atoms with Gasteiger partial charge in [0.05, 0.1) is 4.47 Å². The molecule has 1 amide bonds. The summed E-state index contributed by atoms with van der Waals surface area (Å²) in [6.45, 7) is 3.99. The molecule has 2 N–H and O–H groups in total. The number of aromatic hydroxyl groups is 1. The normalized spacial score (nSPS) is 14.1. The molecule has 1 atom stereocenters. The highest BCUT2D eigenvalue weighted by Gasteiger charge is 2.23. The summed E-state index contributed by atoms with van der Waals surface area (Å²) in [4.78, 5) is 12.0. The summed E-state index contributed by atoms with van der Waals surface area (Å²) < 4.78 is 0.577. The average molecular weight is 365 g/mol. The van der Waals surface area contributed by atoms with Crippen molar-refractivity contribution in [2.75, 3.05) is 5.33 Å². The first-order valence-electron chi connectivity index (χ1n) is 5.29. The van der Waals surface area contributed by atoms with Crippen LogP contribution in [0.1, 0.15) is 30.6 Å². The summed E-state index contributed by atoms with van der Waals surface area (Å²) in [6, 6.07) is 4.77. The number of rotatable bonds is 4. The van der Waals surface area contributed by atoms with Crippen molar-refractivity contribution in [3.05, 3.63) is 28.2 Å². The van der Waals surface area contributed by atoms with Gasteiger partial charge in [0.1, 0.15) is 5.75 Å². The molecule has 0 heterocycles. The summed E-state index contributed by atoms with van der Waals surface area (Å²) in [5, 5.41) is 13.2. The van der Waals surface area contributed by atoms with Crippen molar-refractivity contribution in [1.29, 1.82) is 0 Å². The number of benzene rings is 1. The zero-order chi connectivity index (χ0) is 13.1. The van der Waals surface area contributed by atoms with Crippen molar-refractivity contribution in [1.82, 2.24) is 5.32 Å². The van der Waals surface area contributed by atoms with Crippen LogP contribution >= 0.6 is 31.9 Å². The fourth-order valence-corrected chi connectivity index (χ4v) is 2.00. The topological polar surface area (TPSA) is 49.3 Å². The summed E-state index contributed by atoms with van der Waals surface area (Å²) in [6.07, 6.45) is 0.826. The van der Waals surface area contributed by atoms with E-state index in [-0.39, 0.29) is 17.2 Å². The van der Waals surface area contributed by atoms with Gasteiger partial charge in [-0.05, 0) is 47.5 Å². The number of nitrogens with one attached hydrogen (secondary N) is 1. The Balaban J connectivity index is 2.86. The van der Waals surface area contributed by atoms with Crippen LogP contribution < -0.4 is 5.32 Å². The third-order valence-corrected chi connectivity index (χ3v) is 4.61. The second-order valence-electron chi connectivity index (χ2n) is 4.17. The van der Waals surface area contributed by atoms with Crippen molar-refractivity contribution in [2.45, 2.75) is 25.8 Å². The van der Waals surface area contributed by atoms with E-state index in [0.29, 0.717) is 15.4 Å². The highest BCUT2D eigenvalue weighted by Crippen LogP contribution is 2.24. The SMILES string of the molecule is CCC(C)(CBr)NC(=O)c1ccc(Br)c(O)c1. The van der Waals surface area contributed by atoms with Gasteiger partial charge in [0.15, 0.2) is 0 Å². The highest BCUT2D eigenvalue weighted by molar-refractivity contribution is 9.10. The number of carbonyl (C=O) groups excluding carboxylic acids is 1. The molecule has 17 heavy (non-hydrogen) atoms. The van der Waals surface area contributed by atoms with E-state index in [9.17, 15) is 9.90 Å². The second-order valence-corrected chi connectivity index (χ2v) is 5.58. The molecule has 0 aliphatic heterocycles. The van der Waals surface area contributed by atoms with Crippen LogP contribution in [0.4, 0.5) is 0 Å². The Morgan fingerprint density at radius 1 is 1.53 bits per heavy atom. The molecule has 0 bridgehead atoms. The van der Waals surface area contributed by atoms with E-state index in [4.69, 9.17) is 0 Å². The van der Waals surface area contributed by atoms with Crippen LogP contribution in [0.2, 0.25) is 0 Å². The quantitative estimate of drug-likeness (QED) is 0.804. The maximum Gasteiger partial charge on any atom is 0.251 e. The fraction of sp³-hybridized carbons (Fsp3) is 0.417. The summed E-state index contributed by atoms with van der Waals surface area (Å²) in [5.41, 5.74) is 0.172. The van der Waals surface area contributed by atoms with Crippen molar-refractivity contribution in [3.8, 4) is 5.75 Å². The van der Waals surface area contributed by atoms with Crippen molar-refractivity contribution in [3.63, 3.8) is 0 Å². The molecule has 0 aromatic heterocycles. The van der Waals surface area contributed by atoms with E-state index in [1.165, 1.54) is 6.07 Å². The predicted octanol–water partition coefficient (Wildman–Crippen LogP) is 3.45. The van der Waals surface area contributed by atoms with Crippen LogP contribution in [0.15, 0.2) is 22.7 Å². The van der Waals surface area contributed by atoms with Gasteiger partial charge in [-0.3, -0.25) is 4.79 Å². The lowest BCUT2D eigenvalue weighted by Gasteiger charge is -2.27. The molecule has 0 saturated carbocycles. The maximum absolute atomic E-state index is 12.0. The Morgan fingerprint density at radius 2 is 2.18 bits per heavy atom. The summed E-state index contributed by atoms with van der Waals surface area (Å²) in [7, 11) is 0. The van der Waals surface area contributed by atoms with Crippen molar-refractivity contribution >= 4 is 37.8 Å². The molecular formula is C12H15Br2NO2. The van der Waals surface area contributed by atoms with Gasteiger partial charge in [0.25, 0.3) is 5.91 Å². The lowest BCUT2D eigenvalue weighted by Crippen LogP contribution is -2.46. The summed E-state index contributed by atoms with van der Waals surface area (Å²) in [5.74, 6) is -0.119. The number of halogens is 2. The van der Waals surface area contributed by atoms with Gasteiger partial charge in [-0.25, -0.2) is 0 Å². The van der Waals surface area contributed by atoms with E-state index in [0.717, 1.165) is 6.42 Å². The molecule has 0 aliphatic carbocycles. The molecule has 0 fully saturated rings. The molecule has 0 aliphatic rings. The molecule has 0 saturated heterocycles. The van der Waals surface area contributed by atoms with E-state index < -0.39 is 0 Å². The largest absolute Gasteiger partial charge is 0.507 e. The zero-order valence-corrected chi connectivity index (χ0v) is 12.9. The molecule has 3 nitrogen and oxygen atoms in total. The molecule has 0 radical (unpaired) electrons. The number of hydrogen-bond donors (Lipinski definition) is 2. The Kier molecular flexibility index (Phi) is 5.01. The zero-order valence-electron chi connectivity index (χ0n) is 9.76. The van der Waals surface area contributed by atoms with Gasteiger partial charge < -0.3 is 10.4 Å². The predicted molar refractivity (Wildman–Crippen MR) is 75.8 cm³/mol. The van der Waals surface area contributed by atoms with Crippen LogP contribution in [0.5, 0.6) is 5.75 Å². The third kappa shape index (κ3) is 3.71. The van der Waals surface area contributed by atoms with Crippen LogP contribution in [-0.4, -0.2) is 21.9 Å². The van der Waals surface area contributed by atoms with Gasteiger partial charge in [0.2, 0.25) is 0 Å². The molecular weight excluding hydrogens is 350 g/mol. The number of phenols is 1. The van der Waals surface area contributed by atoms with Gasteiger partial charge >= 0.3 is 0 Å². The first kappa shape index (κ1) is 14.5. The van der Waals surface area contributed by atoms with Gasteiger partial charge in [0, 0.05) is 16.4 Å². The van der Waals surface area contributed by atoms with E-state index in [2.05, 4.69) is 37.2 Å². The second kappa shape index (κ2) is 5.87. The van der Waals surface area contributed by atoms with Gasteiger partial charge in [-0.15, -0.1) is 0 Å². The molecule has 1 aromatic carbocycles. The van der Waals surface area contributed by atoms with Crippen LogP contribution in [0, 0.1) is 0 Å². The molecule has 94 valence electrons. The maximum atomic E-state index is 12.0. The Morgan fingerprint density at radius 3 is 2.65 bits per heavy atom. The first-order chi connectivity index (χ1) is 7.91. The average Bonchev–Trinajstić information content (AvgIpc) is 2.32. The lowest BCUT2D eigenvalue weighted by molar-refractivity contribution is 0.0913. The number of alkyl halides is 1. The number of carbonyl (C=O) groups is 1. The molecule has 0 spiro atoms. The lowest BCUT2D eigenvalue weighted by atomic mass is 10.0. The molecule has 1 aromatic rings. The standard InChI is InChI=1S/C12H15Br2NO2/c1-3-12(2,7-13)15-11(17)8-4-5-9(14)10(16)6-8/h4-6,16H,3,7H2,1-2H3,(H,15,17). The Labute approximate surface area is 118 Å². The minimum absolute atomic E-state index is 0.0645. The minimum atomic E-state index is -0.278. The van der Waals surface area contributed by atoms with Crippen LogP contribution in [-0.2, 0) is 0 Å². The van der Waals surface area contributed by atoms with Gasteiger partial charge in [-0.2, -0.15) is 0 Å². The van der Waals surface area contributed by atoms with Crippen LogP contribution in [0.3, 0.4) is 0 Å². The number of phenolic OH excluding ortho intramolecular Hbond substituents is 1. The third-order valence-electron chi connectivity index (χ3n) is 2.70. The van der Waals surface area contributed by atoms with Gasteiger partial charge in [-0.1, -0.05) is 22.9 Å².